The predicted molar refractivity (Wildman–Crippen MR) is 74.0 cm³/mol. The fraction of sp³-hybridized carbons (Fsp3) is 1.00. The van der Waals surface area contributed by atoms with Crippen molar-refractivity contribution in [3.8, 4) is 0 Å². The molecule has 0 aromatic carbocycles. The maximum Gasteiger partial charge on any atom is 0.333 e. The summed E-state index contributed by atoms with van der Waals surface area (Å²) in [6, 6.07) is 0. The lowest BCUT2D eigenvalue weighted by molar-refractivity contribution is 0.217. The van der Waals surface area contributed by atoms with Gasteiger partial charge in [-0.1, -0.05) is 0 Å². The molecule has 10 heteroatoms. The molecule has 0 saturated carbocycles. The predicted octanol–water partition coefficient (Wildman–Crippen LogP) is 4.31. The Bertz CT molecular complexity index is 224. The Morgan fingerprint density at radius 1 is 1.00 bits per heavy atom. The van der Waals surface area contributed by atoms with Gasteiger partial charge in [0, 0.05) is 0 Å². The SMILES string of the molecule is O=P(CC(S)Cl)(OCC(Cl)Cl)OCC(Cl)Cl. The molecule has 16 heavy (non-hydrogen) atoms. The van der Waals surface area contributed by atoms with Gasteiger partial charge in [-0.25, -0.2) is 0 Å². The Labute approximate surface area is 125 Å². The minimum atomic E-state index is -3.43. The molecule has 0 amide bonds. The van der Waals surface area contributed by atoms with Gasteiger partial charge in [0.25, 0.3) is 0 Å². The molecule has 0 N–H and O–H groups in total. The standard InChI is InChI=1S/C6H10Cl5O3PS/c7-4(8)1-13-15(12,3-6(11)16)14-2-5(9)10/h4-6,16H,1-3H2. The van der Waals surface area contributed by atoms with Gasteiger partial charge < -0.3 is 9.05 Å². The van der Waals surface area contributed by atoms with E-state index in [0.717, 1.165) is 0 Å². The summed E-state index contributed by atoms with van der Waals surface area (Å²) in [5, 5.41) is 0. The molecule has 0 rings (SSSR count). The molecule has 1 atom stereocenters. The Kier molecular flexibility index (Phi) is 10.0. The highest BCUT2D eigenvalue weighted by molar-refractivity contribution is 7.83. The van der Waals surface area contributed by atoms with Crippen LogP contribution in [0.4, 0.5) is 0 Å². The molecule has 0 fully saturated rings. The van der Waals surface area contributed by atoms with Gasteiger partial charge in [0.1, 0.15) is 9.67 Å². The Morgan fingerprint density at radius 3 is 1.62 bits per heavy atom. The van der Waals surface area contributed by atoms with Crippen LogP contribution in [0.2, 0.25) is 0 Å². The molecule has 3 nitrogen and oxygen atoms in total. The molecule has 0 radical (unpaired) electrons. The molecule has 0 heterocycles. The zero-order chi connectivity index (χ0) is 12.8. The van der Waals surface area contributed by atoms with E-state index in [4.69, 9.17) is 67.1 Å². The molecule has 0 saturated heterocycles. The van der Waals surface area contributed by atoms with E-state index >= 15 is 0 Å². The second-order valence-electron chi connectivity index (χ2n) is 2.60. The molecule has 0 bridgehead atoms. The third-order valence-corrected chi connectivity index (χ3v) is 4.41. The minimum absolute atomic E-state index is 0.0985. The van der Waals surface area contributed by atoms with Crippen molar-refractivity contribution in [2.24, 2.45) is 0 Å². The molecule has 0 aliphatic rings. The fourth-order valence-electron chi connectivity index (χ4n) is 0.667. The van der Waals surface area contributed by atoms with Crippen LogP contribution < -0.4 is 0 Å². The smallest absolute Gasteiger partial charge is 0.306 e. The fourth-order valence-corrected chi connectivity index (χ4v) is 3.78. The van der Waals surface area contributed by atoms with Crippen LogP contribution in [-0.4, -0.2) is 33.8 Å². The number of alkyl halides is 5. The van der Waals surface area contributed by atoms with E-state index in [1.54, 1.807) is 0 Å². The van der Waals surface area contributed by atoms with Crippen LogP contribution >= 0.6 is 78.2 Å². The third kappa shape index (κ3) is 9.93. The van der Waals surface area contributed by atoms with Crippen LogP contribution in [0.5, 0.6) is 0 Å². The zero-order valence-electron chi connectivity index (χ0n) is 7.86. The topological polar surface area (TPSA) is 35.5 Å². The van der Waals surface area contributed by atoms with Gasteiger partial charge in [-0.3, -0.25) is 4.57 Å². The summed E-state index contributed by atoms with van der Waals surface area (Å²) in [5.74, 6) is 0. The van der Waals surface area contributed by atoms with Crippen LogP contribution in [0.3, 0.4) is 0 Å². The van der Waals surface area contributed by atoms with E-state index < -0.39 is 22.0 Å². The molecular formula is C6H10Cl5O3PS. The maximum atomic E-state index is 12.0. The summed E-state index contributed by atoms with van der Waals surface area (Å²) in [6.45, 7) is -0.292. The van der Waals surface area contributed by atoms with Crippen molar-refractivity contribution in [1.29, 1.82) is 0 Å². The highest BCUT2D eigenvalue weighted by Gasteiger charge is 2.28. The first-order chi connectivity index (χ1) is 7.25. The monoisotopic (exact) mass is 368 g/mol. The van der Waals surface area contributed by atoms with Crippen molar-refractivity contribution in [3.05, 3.63) is 0 Å². The summed E-state index contributed by atoms with van der Waals surface area (Å²) in [7, 11) is -3.43. The van der Waals surface area contributed by atoms with Gasteiger partial charge in [0.15, 0.2) is 0 Å². The highest BCUT2D eigenvalue weighted by atomic mass is 35.5. The van der Waals surface area contributed by atoms with E-state index in [2.05, 4.69) is 12.6 Å². The number of thiol groups is 1. The molecule has 98 valence electrons. The first kappa shape index (κ1) is 17.9. The van der Waals surface area contributed by atoms with Crippen molar-refractivity contribution in [2.45, 2.75) is 14.4 Å². The quantitative estimate of drug-likeness (QED) is 0.393. The number of hydrogen-bond acceptors (Lipinski definition) is 4. The summed E-state index contributed by atoms with van der Waals surface area (Å²) in [5.41, 5.74) is 0. The Hall–Kier alpha value is 1.95. The summed E-state index contributed by atoms with van der Waals surface area (Å²) in [4.78, 5) is -1.62. The summed E-state index contributed by atoms with van der Waals surface area (Å²) < 4.78 is 21.3. The van der Waals surface area contributed by atoms with Gasteiger partial charge in [-0.2, -0.15) is 12.6 Å². The van der Waals surface area contributed by atoms with Crippen molar-refractivity contribution in [2.75, 3.05) is 19.4 Å². The van der Waals surface area contributed by atoms with E-state index in [-0.39, 0.29) is 19.4 Å². The first-order valence-electron chi connectivity index (χ1n) is 4.02. The minimum Gasteiger partial charge on any atom is -0.306 e. The van der Waals surface area contributed by atoms with E-state index in [1.807, 2.05) is 0 Å². The van der Waals surface area contributed by atoms with Crippen molar-refractivity contribution in [3.63, 3.8) is 0 Å². The van der Waals surface area contributed by atoms with Crippen LogP contribution in [0.15, 0.2) is 0 Å². The first-order valence-corrected chi connectivity index (χ1v) is 8.44. The van der Waals surface area contributed by atoms with Crippen LogP contribution in [0, 0.1) is 0 Å². The number of halogens is 5. The third-order valence-electron chi connectivity index (χ3n) is 1.17. The molecule has 0 aromatic rings. The van der Waals surface area contributed by atoms with Gasteiger partial charge in [-0.15, -0.1) is 58.0 Å². The van der Waals surface area contributed by atoms with Crippen molar-refractivity contribution in [1.82, 2.24) is 0 Å². The van der Waals surface area contributed by atoms with E-state index in [0.29, 0.717) is 0 Å². The summed E-state index contributed by atoms with van der Waals surface area (Å²) >= 11 is 31.2. The Morgan fingerprint density at radius 2 is 1.38 bits per heavy atom. The molecular weight excluding hydrogens is 360 g/mol. The lowest BCUT2D eigenvalue weighted by Gasteiger charge is -2.19. The average Bonchev–Trinajstić information content (AvgIpc) is 2.11. The van der Waals surface area contributed by atoms with Crippen molar-refractivity contribution < 1.29 is 13.6 Å². The van der Waals surface area contributed by atoms with Gasteiger partial charge in [0.2, 0.25) is 0 Å². The van der Waals surface area contributed by atoms with Crippen molar-refractivity contribution >= 4 is 78.2 Å². The van der Waals surface area contributed by atoms with Crippen LogP contribution in [-0.2, 0) is 13.6 Å². The highest BCUT2D eigenvalue weighted by Crippen LogP contribution is 2.50. The molecule has 0 aliphatic heterocycles. The average molecular weight is 370 g/mol. The van der Waals surface area contributed by atoms with Gasteiger partial charge in [0.05, 0.1) is 24.1 Å². The van der Waals surface area contributed by atoms with Gasteiger partial charge in [-0.05, 0) is 0 Å². The Balaban J connectivity index is 4.30. The lowest BCUT2D eigenvalue weighted by atomic mass is 10.9. The normalized spacial score (nSPS) is 14.8. The number of rotatable bonds is 8. The van der Waals surface area contributed by atoms with E-state index in [1.165, 1.54) is 0 Å². The maximum absolute atomic E-state index is 12.0. The van der Waals surface area contributed by atoms with Crippen LogP contribution in [0.25, 0.3) is 0 Å². The molecule has 1 unspecified atom stereocenters. The lowest BCUT2D eigenvalue weighted by Crippen LogP contribution is -2.11. The molecule has 0 aliphatic carbocycles. The second-order valence-corrected chi connectivity index (χ2v) is 8.71. The molecule has 0 spiro atoms. The van der Waals surface area contributed by atoms with Crippen LogP contribution in [0.1, 0.15) is 0 Å². The van der Waals surface area contributed by atoms with Gasteiger partial charge >= 0.3 is 7.60 Å². The second kappa shape index (κ2) is 8.95. The molecule has 0 aromatic heterocycles. The number of hydrogen-bond donors (Lipinski definition) is 1. The van der Waals surface area contributed by atoms with E-state index in [9.17, 15) is 4.57 Å². The largest absolute Gasteiger partial charge is 0.333 e. The summed E-state index contributed by atoms with van der Waals surface area (Å²) in [6.07, 6.45) is -0.0985. The zero-order valence-corrected chi connectivity index (χ0v) is 13.4.